The van der Waals surface area contributed by atoms with E-state index in [0.29, 0.717) is 18.4 Å². The molecule has 0 amide bonds. The highest BCUT2D eigenvalue weighted by atomic mass is 16.6. The Labute approximate surface area is 150 Å². The van der Waals surface area contributed by atoms with Gasteiger partial charge in [0.25, 0.3) is 0 Å². The van der Waals surface area contributed by atoms with Crippen molar-refractivity contribution in [1.29, 1.82) is 0 Å². The lowest BCUT2D eigenvalue weighted by atomic mass is 9.73. The fraction of sp³-hybridized carbons (Fsp3) is 0.591. The van der Waals surface area contributed by atoms with Crippen LogP contribution < -0.4 is 0 Å². The van der Waals surface area contributed by atoms with Crippen molar-refractivity contribution >= 4 is 5.97 Å². The van der Waals surface area contributed by atoms with Crippen LogP contribution in [0.5, 0.6) is 0 Å². The van der Waals surface area contributed by atoms with Gasteiger partial charge in [-0.1, -0.05) is 61.9 Å². The normalized spacial score (nSPS) is 23.2. The van der Waals surface area contributed by atoms with E-state index in [1.54, 1.807) is 0 Å². The van der Waals surface area contributed by atoms with E-state index in [0.717, 1.165) is 51.4 Å². The summed E-state index contributed by atoms with van der Waals surface area (Å²) in [5.74, 6) is 2.04. The zero-order valence-corrected chi connectivity index (χ0v) is 14.9. The smallest absolute Gasteiger partial charge is 0.344 e. The lowest BCUT2D eigenvalue weighted by Gasteiger charge is -2.40. The zero-order valence-electron chi connectivity index (χ0n) is 14.9. The van der Waals surface area contributed by atoms with Gasteiger partial charge in [-0.2, -0.15) is 0 Å². The molecule has 1 N–H and O–H groups in total. The molecule has 3 rings (SSSR count). The number of rotatable bonds is 4. The first-order valence-electron chi connectivity index (χ1n) is 9.60. The van der Waals surface area contributed by atoms with Crippen molar-refractivity contribution in [3.05, 3.63) is 35.9 Å². The number of terminal acetylenes is 1. The number of carbonyl (C=O) groups excluding carboxylic acids is 1. The van der Waals surface area contributed by atoms with Gasteiger partial charge in [0, 0.05) is 5.92 Å². The Kier molecular flexibility index (Phi) is 5.49. The molecule has 25 heavy (non-hydrogen) atoms. The summed E-state index contributed by atoms with van der Waals surface area (Å²) in [5, 5.41) is 11.6. The van der Waals surface area contributed by atoms with Crippen LogP contribution >= 0.6 is 0 Å². The van der Waals surface area contributed by atoms with E-state index in [2.05, 4.69) is 5.92 Å². The largest absolute Gasteiger partial charge is 0.443 e. The average molecular weight is 340 g/mol. The van der Waals surface area contributed by atoms with Crippen LogP contribution in [0.25, 0.3) is 0 Å². The summed E-state index contributed by atoms with van der Waals surface area (Å²) < 4.78 is 5.88. The van der Waals surface area contributed by atoms with E-state index in [1.165, 1.54) is 0 Å². The minimum atomic E-state index is -1.61. The first-order chi connectivity index (χ1) is 12.1. The third kappa shape index (κ3) is 3.60. The summed E-state index contributed by atoms with van der Waals surface area (Å²) in [6.45, 7) is 0. The van der Waals surface area contributed by atoms with Crippen LogP contribution in [0.1, 0.15) is 69.8 Å². The monoisotopic (exact) mass is 340 g/mol. The highest BCUT2D eigenvalue weighted by Gasteiger charge is 2.49. The number of hydrogen-bond acceptors (Lipinski definition) is 3. The van der Waals surface area contributed by atoms with Crippen molar-refractivity contribution in [3.8, 4) is 12.3 Å². The lowest BCUT2D eigenvalue weighted by Crippen LogP contribution is -2.49. The molecule has 134 valence electrons. The van der Waals surface area contributed by atoms with E-state index < -0.39 is 17.2 Å². The van der Waals surface area contributed by atoms with Crippen LogP contribution in [0, 0.1) is 18.3 Å². The Morgan fingerprint density at radius 1 is 1.08 bits per heavy atom. The fourth-order valence-electron chi connectivity index (χ4n) is 4.39. The molecule has 3 nitrogen and oxygen atoms in total. The van der Waals surface area contributed by atoms with Crippen LogP contribution in [0.2, 0.25) is 0 Å². The molecule has 1 aromatic rings. The maximum Gasteiger partial charge on any atom is 0.344 e. The number of aliphatic hydroxyl groups is 1. The molecule has 0 aliphatic heterocycles. The molecule has 0 aromatic heterocycles. The summed E-state index contributed by atoms with van der Waals surface area (Å²) in [6.07, 6.45) is 15.1. The molecule has 1 unspecified atom stereocenters. The van der Waals surface area contributed by atoms with Gasteiger partial charge in [-0.25, -0.2) is 4.79 Å². The van der Waals surface area contributed by atoms with Crippen LogP contribution in [-0.2, 0) is 15.1 Å². The third-order valence-electron chi connectivity index (χ3n) is 5.93. The molecule has 0 saturated heterocycles. The second kappa shape index (κ2) is 7.62. The maximum absolute atomic E-state index is 13.2. The van der Waals surface area contributed by atoms with Crippen molar-refractivity contribution in [2.75, 3.05) is 0 Å². The second-order valence-corrected chi connectivity index (χ2v) is 7.56. The zero-order chi connectivity index (χ0) is 17.8. The Bertz CT molecular complexity index is 618. The molecule has 2 saturated carbocycles. The minimum absolute atomic E-state index is 0.116. The van der Waals surface area contributed by atoms with E-state index >= 15 is 0 Å². The Morgan fingerprint density at radius 2 is 1.68 bits per heavy atom. The summed E-state index contributed by atoms with van der Waals surface area (Å²) in [4.78, 5) is 13.2. The third-order valence-corrected chi connectivity index (χ3v) is 5.93. The van der Waals surface area contributed by atoms with Crippen molar-refractivity contribution < 1.29 is 14.6 Å². The number of ether oxygens (including phenoxy) is 1. The second-order valence-electron chi connectivity index (χ2n) is 7.56. The first kappa shape index (κ1) is 18.0. The van der Waals surface area contributed by atoms with Crippen LogP contribution in [0.4, 0.5) is 0 Å². The average Bonchev–Trinajstić information content (AvgIpc) is 2.69. The number of esters is 1. The van der Waals surface area contributed by atoms with Crippen molar-refractivity contribution in [2.45, 2.75) is 75.4 Å². The van der Waals surface area contributed by atoms with Crippen molar-refractivity contribution in [2.24, 2.45) is 5.92 Å². The molecule has 0 radical (unpaired) electrons. The molecular weight excluding hydrogens is 312 g/mol. The Balaban J connectivity index is 1.91. The molecule has 1 aromatic carbocycles. The van der Waals surface area contributed by atoms with Gasteiger partial charge in [0.05, 0.1) is 0 Å². The van der Waals surface area contributed by atoms with Crippen molar-refractivity contribution in [1.82, 2.24) is 0 Å². The minimum Gasteiger partial charge on any atom is -0.443 e. The molecule has 2 fully saturated rings. The number of carbonyl (C=O) groups is 1. The molecule has 0 spiro atoms. The Hall–Kier alpha value is -1.79. The topological polar surface area (TPSA) is 46.5 Å². The maximum atomic E-state index is 13.2. The van der Waals surface area contributed by atoms with Gasteiger partial charge in [0.1, 0.15) is 0 Å². The fourth-order valence-corrected chi connectivity index (χ4v) is 4.39. The quantitative estimate of drug-likeness (QED) is 0.655. The molecular formula is C22H28O3. The molecule has 3 heteroatoms. The number of hydrogen-bond donors (Lipinski definition) is 1. The van der Waals surface area contributed by atoms with E-state index in [9.17, 15) is 9.90 Å². The van der Waals surface area contributed by atoms with Gasteiger partial charge in [-0.3, -0.25) is 0 Å². The highest BCUT2D eigenvalue weighted by molar-refractivity contribution is 5.82. The summed E-state index contributed by atoms with van der Waals surface area (Å²) >= 11 is 0. The molecule has 0 heterocycles. The molecule has 0 bridgehead atoms. The van der Waals surface area contributed by atoms with E-state index in [4.69, 9.17) is 11.2 Å². The summed E-state index contributed by atoms with van der Waals surface area (Å²) in [6, 6.07) is 9.24. The number of benzene rings is 1. The van der Waals surface area contributed by atoms with Crippen LogP contribution in [-0.4, -0.2) is 16.7 Å². The molecule has 1 atom stereocenters. The van der Waals surface area contributed by atoms with Crippen molar-refractivity contribution in [3.63, 3.8) is 0 Å². The Morgan fingerprint density at radius 3 is 2.28 bits per heavy atom. The van der Waals surface area contributed by atoms with E-state index in [1.807, 2.05) is 30.3 Å². The predicted molar refractivity (Wildman–Crippen MR) is 97.7 cm³/mol. The van der Waals surface area contributed by atoms with Gasteiger partial charge in [0.2, 0.25) is 0 Å². The van der Waals surface area contributed by atoms with Crippen LogP contribution in [0.15, 0.2) is 30.3 Å². The predicted octanol–water partition coefficient (Wildman–Crippen LogP) is 4.33. The lowest BCUT2D eigenvalue weighted by molar-refractivity contribution is -0.188. The standard InChI is InChI=1S/C22H28O3/c1-2-21(16-10-5-11-17-21)25-20(23)22(24,18-12-6-3-7-13-18)19-14-8-4-9-15-19/h1,3,6-7,12-13,19,24H,4-5,8-11,14-17H2. The van der Waals surface area contributed by atoms with Crippen LogP contribution in [0.3, 0.4) is 0 Å². The van der Waals surface area contributed by atoms with Gasteiger partial charge in [0.15, 0.2) is 11.2 Å². The van der Waals surface area contributed by atoms with Gasteiger partial charge >= 0.3 is 5.97 Å². The van der Waals surface area contributed by atoms with Gasteiger partial charge in [-0.15, -0.1) is 6.42 Å². The highest BCUT2D eigenvalue weighted by Crippen LogP contribution is 2.42. The first-order valence-corrected chi connectivity index (χ1v) is 9.60. The molecule has 2 aliphatic rings. The molecule has 2 aliphatic carbocycles. The van der Waals surface area contributed by atoms with E-state index in [-0.39, 0.29) is 5.92 Å². The van der Waals surface area contributed by atoms with Gasteiger partial charge < -0.3 is 9.84 Å². The summed E-state index contributed by atoms with van der Waals surface area (Å²) in [7, 11) is 0. The SMILES string of the molecule is C#CC1(OC(=O)C(O)(c2ccccc2)C2CCCCC2)CCCCC1. The summed E-state index contributed by atoms with van der Waals surface area (Å²) in [5.41, 5.74) is -1.84. The van der Waals surface area contributed by atoms with Gasteiger partial charge in [-0.05, 0) is 44.1 Å².